The lowest BCUT2D eigenvalue weighted by atomic mass is 10.1. The van der Waals surface area contributed by atoms with Crippen molar-refractivity contribution in [2.75, 3.05) is 5.32 Å². The van der Waals surface area contributed by atoms with E-state index >= 15 is 0 Å². The van der Waals surface area contributed by atoms with Gasteiger partial charge in [0.25, 0.3) is 0 Å². The fraction of sp³-hybridized carbons (Fsp3) is 0.150. The number of aromatic nitrogens is 4. The van der Waals surface area contributed by atoms with Crippen LogP contribution in [0.1, 0.15) is 16.7 Å². The van der Waals surface area contributed by atoms with Crippen LogP contribution in [0.15, 0.2) is 55.0 Å². The highest BCUT2D eigenvalue weighted by Gasteiger charge is 2.12. The van der Waals surface area contributed by atoms with Crippen molar-refractivity contribution in [3.8, 4) is 5.69 Å². The van der Waals surface area contributed by atoms with E-state index < -0.39 is 0 Å². The van der Waals surface area contributed by atoms with Gasteiger partial charge in [-0.3, -0.25) is 0 Å². The fourth-order valence-corrected chi connectivity index (χ4v) is 3.23. The highest BCUT2D eigenvalue weighted by Crippen LogP contribution is 2.24. The average molecular weight is 364 g/mol. The summed E-state index contributed by atoms with van der Waals surface area (Å²) in [6.45, 7) is 4.74. The van der Waals surface area contributed by atoms with Crippen molar-refractivity contribution in [1.82, 2.24) is 19.7 Å². The normalized spacial score (nSPS) is 11.0. The number of fused-ring (bicyclic) bond motifs is 1. The number of nitrogens with one attached hydrogen (secondary N) is 1. The van der Waals surface area contributed by atoms with Crippen LogP contribution in [-0.4, -0.2) is 19.7 Å². The molecular weight excluding hydrogens is 346 g/mol. The van der Waals surface area contributed by atoms with Gasteiger partial charge in [0.15, 0.2) is 5.65 Å². The van der Waals surface area contributed by atoms with Crippen molar-refractivity contribution in [3.63, 3.8) is 0 Å². The van der Waals surface area contributed by atoms with Crippen LogP contribution in [0.25, 0.3) is 16.7 Å². The van der Waals surface area contributed by atoms with Crippen LogP contribution in [0.3, 0.4) is 0 Å². The van der Waals surface area contributed by atoms with Gasteiger partial charge in [0.1, 0.15) is 12.1 Å². The van der Waals surface area contributed by atoms with Gasteiger partial charge >= 0.3 is 0 Å². The van der Waals surface area contributed by atoms with Crippen LogP contribution in [0, 0.1) is 13.8 Å². The van der Waals surface area contributed by atoms with Gasteiger partial charge in [0, 0.05) is 11.6 Å². The zero-order chi connectivity index (χ0) is 18.1. The van der Waals surface area contributed by atoms with Gasteiger partial charge in [-0.05, 0) is 37.1 Å². The SMILES string of the molecule is Cc1ccc(-n2ncc3c(NCc4ccccc4Cl)ncnc32)c(C)c1. The summed E-state index contributed by atoms with van der Waals surface area (Å²) in [5.74, 6) is 0.742. The Morgan fingerprint density at radius 2 is 1.92 bits per heavy atom. The van der Waals surface area contributed by atoms with E-state index in [1.807, 2.05) is 28.9 Å². The van der Waals surface area contributed by atoms with Gasteiger partial charge in [0.2, 0.25) is 0 Å². The minimum Gasteiger partial charge on any atom is -0.365 e. The average Bonchev–Trinajstić information content (AvgIpc) is 3.06. The molecule has 0 radical (unpaired) electrons. The first-order chi connectivity index (χ1) is 12.6. The summed E-state index contributed by atoms with van der Waals surface area (Å²) in [7, 11) is 0. The van der Waals surface area contributed by atoms with E-state index in [0.717, 1.165) is 38.7 Å². The second-order valence-electron chi connectivity index (χ2n) is 6.25. The highest BCUT2D eigenvalue weighted by atomic mass is 35.5. The molecule has 0 atom stereocenters. The molecule has 0 saturated carbocycles. The zero-order valence-corrected chi connectivity index (χ0v) is 15.3. The first kappa shape index (κ1) is 16.5. The summed E-state index contributed by atoms with van der Waals surface area (Å²) < 4.78 is 1.85. The van der Waals surface area contributed by atoms with E-state index in [2.05, 4.69) is 52.4 Å². The Kier molecular flexibility index (Phi) is 4.31. The lowest BCUT2D eigenvalue weighted by Crippen LogP contribution is -2.04. The third kappa shape index (κ3) is 3.02. The molecule has 130 valence electrons. The molecule has 0 saturated heterocycles. The molecule has 0 aliphatic heterocycles. The van der Waals surface area contributed by atoms with Crippen LogP contribution < -0.4 is 5.32 Å². The maximum Gasteiger partial charge on any atom is 0.168 e. The minimum atomic E-state index is 0.584. The Hall–Kier alpha value is -2.92. The summed E-state index contributed by atoms with van der Waals surface area (Å²) in [5.41, 5.74) is 5.18. The third-order valence-electron chi connectivity index (χ3n) is 4.35. The molecule has 2 aromatic carbocycles. The van der Waals surface area contributed by atoms with Crippen LogP contribution >= 0.6 is 11.6 Å². The molecular formula is C20H18ClN5. The summed E-state index contributed by atoms with van der Waals surface area (Å²) in [4.78, 5) is 8.81. The summed E-state index contributed by atoms with van der Waals surface area (Å²) in [6, 6.07) is 14.0. The number of halogens is 1. The number of nitrogens with zero attached hydrogens (tertiary/aromatic N) is 4. The molecule has 0 aliphatic carbocycles. The Balaban J connectivity index is 1.70. The molecule has 2 aromatic heterocycles. The number of hydrogen-bond donors (Lipinski definition) is 1. The lowest BCUT2D eigenvalue weighted by Gasteiger charge is -2.09. The Morgan fingerprint density at radius 1 is 1.08 bits per heavy atom. The van der Waals surface area contributed by atoms with Crippen LogP contribution in [-0.2, 0) is 6.54 Å². The molecule has 26 heavy (non-hydrogen) atoms. The lowest BCUT2D eigenvalue weighted by molar-refractivity contribution is 0.886. The molecule has 2 heterocycles. The number of rotatable bonds is 4. The van der Waals surface area contributed by atoms with Crippen molar-refractivity contribution >= 4 is 28.5 Å². The van der Waals surface area contributed by atoms with Crippen molar-refractivity contribution in [2.24, 2.45) is 0 Å². The third-order valence-corrected chi connectivity index (χ3v) is 4.72. The highest BCUT2D eigenvalue weighted by molar-refractivity contribution is 6.31. The summed E-state index contributed by atoms with van der Waals surface area (Å²) >= 11 is 6.23. The number of benzene rings is 2. The monoisotopic (exact) mass is 363 g/mol. The molecule has 0 fully saturated rings. The van der Waals surface area contributed by atoms with Gasteiger partial charge in [-0.15, -0.1) is 0 Å². The molecule has 4 rings (SSSR count). The predicted molar refractivity (Wildman–Crippen MR) is 105 cm³/mol. The maximum atomic E-state index is 6.23. The van der Waals surface area contributed by atoms with Gasteiger partial charge in [-0.2, -0.15) is 5.10 Å². The van der Waals surface area contributed by atoms with Crippen LogP contribution in [0.4, 0.5) is 5.82 Å². The van der Waals surface area contributed by atoms with E-state index in [1.54, 1.807) is 12.5 Å². The van der Waals surface area contributed by atoms with Crippen molar-refractivity contribution in [2.45, 2.75) is 20.4 Å². The fourth-order valence-electron chi connectivity index (χ4n) is 3.02. The van der Waals surface area contributed by atoms with Gasteiger partial charge < -0.3 is 5.32 Å². The Bertz CT molecular complexity index is 1090. The van der Waals surface area contributed by atoms with Crippen LogP contribution in [0.5, 0.6) is 0 Å². The molecule has 5 nitrogen and oxygen atoms in total. The maximum absolute atomic E-state index is 6.23. The van der Waals surface area contributed by atoms with Crippen molar-refractivity contribution in [3.05, 3.63) is 76.7 Å². The van der Waals surface area contributed by atoms with Crippen molar-refractivity contribution < 1.29 is 0 Å². The quantitative estimate of drug-likeness (QED) is 0.571. The second kappa shape index (κ2) is 6.77. The molecule has 6 heteroatoms. The standard InChI is InChI=1S/C20H18ClN5/c1-13-7-8-18(14(2)9-13)26-20-16(11-25-26)19(23-12-24-20)22-10-15-5-3-4-6-17(15)21/h3-9,11-12H,10H2,1-2H3,(H,22,23,24). The molecule has 0 bridgehead atoms. The van der Waals surface area contributed by atoms with Gasteiger partial charge in [-0.1, -0.05) is 47.5 Å². The van der Waals surface area contributed by atoms with Gasteiger partial charge in [-0.25, -0.2) is 14.6 Å². The molecule has 0 unspecified atom stereocenters. The Morgan fingerprint density at radius 3 is 2.73 bits per heavy atom. The van der Waals surface area contributed by atoms with Crippen molar-refractivity contribution in [1.29, 1.82) is 0 Å². The van der Waals surface area contributed by atoms with E-state index in [0.29, 0.717) is 6.54 Å². The molecule has 0 spiro atoms. The zero-order valence-electron chi connectivity index (χ0n) is 14.6. The number of hydrogen-bond acceptors (Lipinski definition) is 4. The smallest absolute Gasteiger partial charge is 0.168 e. The molecule has 0 aliphatic rings. The minimum absolute atomic E-state index is 0.584. The topological polar surface area (TPSA) is 55.6 Å². The predicted octanol–water partition coefficient (Wildman–Crippen LogP) is 4.70. The van der Waals surface area contributed by atoms with E-state index in [1.165, 1.54) is 5.56 Å². The molecule has 4 aromatic rings. The van der Waals surface area contributed by atoms with E-state index in [9.17, 15) is 0 Å². The first-order valence-electron chi connectivity index (χ1n) is 8.37. The first-order valence-corrected chi connectivity index (χ1v) is 8.75. The summed E-state index contributed by atoms with van der Waals surface area (Å²) in [6.07, 6.45) is 3.35. The van der Waals surface area contributed by atoms with Gasteiger partial charge in [0.05, 0.1) is 17.3 Å². The van der Waals surface area contributed by atoms with E-state index in [4.69, 9.17) is 11.6 Å². The van der Waals surface area contributed by atoms with E-state index in [-0.39, 0.29) is 0 Å². The molecule has 1 N–H and O–H groups in total. The largest absolute Gasteiger partial charge is 0.365 e. The second-order valence-corrected chi connectivity index (χ2v) is 6.66. The number of anilines is 1. The number of aryl methyl sites for hydroxylation is 2. The Labute approximate surface area is 156 Å². The summed E-state index contributed by atoms with van der Waals surface area (Å²) in [5, 5.41) is 9.49. The molecule has 0 amide bonds. The van der Waals surface area contributed by atoms with Crippen LogP contribution in [0.2, 0.25) is 5.02 Å².